The zero-order valence-electron chi connectivity index (χ0n) is 12.1. The van der Waals surface area contributed by atoms with Crippen molar-refractivity contribution in [3.05, 3.63) is 30.1 Å². The first-order valence-corrected chi connectivity index (χ1v) is 8.14. The molecule has 0 radical (unpaired) electrons. The maximum Gasteiger partial charge on any atom is 0.0464 e. The first-order chi connectivity index (χ1) is 9.76. The van der Waals surface area contributed by atoms with Crippen molar-refractivity contribution >= 4 is 0 Å². The third kappa shape index (κ3) is 2.17. The van der Waals surface area contributed by atoms with Crippen molar-refractivity contribution < 1.29 is 0 Å². The monoisotopic (exact) mass is 271 g/mol. The average molecular weight is 271 g/mol. The minimum absolute atomic E-state index is 0.264. The molecule has 4 bridgehead atoms. The van der Waals surface area contributed by atoms with Crippen LogP contribution in [-0.2, 0) is 0 Å². The van der Waals surface area contributed by atoms with Gasteiger partial charge in [0.1, 0.15) is 0 Å². The molecule has 0 amide bonds. The predicted molar refractivity (Wildman–Crippen MR) is 80.1 cm³/mol. The van der Waals surface area contributed by atoms with Gasteiger partial charge in [0.2, 0.25) is 0 Å². The third-order valence-corrected chi connectivity index (χ3v) is 5.84. The van der Waals surface area contributed by atoms with Crippen LogP contribution in [0.1, 0.15) is 50.1 Å². The molecule has 3 N–H and O–H groups in total. The van der Waals surface area contributed by atoms with E-state index in [9.17, 15) is 0 Å². The number of nitrogens with zero attached hydrogens (tertiary/aromatic N) is 1. The Morgan fingerprint density at radius 2 is 1.85 bits per heavy atom. The van der Waals surface area contributed by atoms with Gasteiger partial charge in [0.05, 0.1) is 0 Å². The summed E-state index contributed by atoms with van der Waals surface area (Å²) in [6, 6.07) is 4.43. The largest absolute Gasteiger partial charge is 0.329 e. The molecule has 108 valence electrons. The lowest BCUT2D eigenvalue weighted by molar-refractivity contribution is -0.0250. The van der Waals surface area contributed by atoms with E-state index < -0.39 is 0 Å². The molecule has 4 fully saturated rings. The van der Waals surface area contributed by atoms with Gasteiger partial charge in [-0.25, -0.2) is 0 Å². The molecule has 1 unspecified atom stereocenters. The van der Waals surface area contributed by atoms with E-state index in [2.05, 4.69) is 16.4 Å². The lowest BCUT2D eigenvalue weighted by Gasteiger charge is -2.58. The van der Waals surface area contributed by atoms with Gasteiger partial charge in [0.25, 0.3) is 0 Å². The summed E-state index contributed by atoms with van der Waals surface area (Å²) < 4.78 is 0. The average Bonchev–Trinajstić information content (AvgIpc) is 2.44. The van der Waals surface area contributed by atoms with Crippen LogP contribution in [0, 0.1) is 17.8 Å². The highest BCUT2D eigenvalue weighted by molar-refractivity contribution is 5.17. The molecule has 3 heteroatoms. The lowest BCUT2D eigenvalue weighted by Crippen LogP contribution is -2.59. The summed E-state index contributed by atoms with van der Waals surface area (Å²) in [5.74, 6) is 2.92. The minimum atomic E-state index is 0.264. The van der Waals surface area contributed by atoms with Crippen LogP contribution in [0.2, 0.25) is 0 Å². The summed E-state index contributed by atoms with van der Waals surface area (Å²) >= 11 is 0. The summed E-state index contributed by atoms with van der Waals surface area (Å²) in [4.78, 5) is 4.25. The molecule has 20 heavy (non-hydrogen) atoms. The van der Waals surface area contributed by atoms with Gasteiger partial charge in [0, 0.05) is 30.5 Å². The van der Waals surface area contributed by atoms with Gasteiger partial charge in [-0.15, -0.1) is 0 Å². The molecular weight excluding hydrogens is 246 g/mol. The molecule has 0 spiro atoms. The van der Waals surface area contributed by atoms with Gasteiger partial charge in [-0.2, -0.15) is 0 Å². The molecule has 1 aromatic rings. The summed E-state index contributed by atoms with van der Waals surface area (Å²) in [6.45, 7) is 0.660. The van der Waals surface area contributed by atoms with E-state index in [1.165, 1.54) is 44.1 Å². The second kappa shape index (κ2) is 4.81. The summed E-state index contributed by atoms with van der Waals surface area (Å²) in [7, 11) is 0. The second-order valence-corrected chi connectivity index (χ2v) is 7.42. The van der Waals surface area contributed by atoms with Crippen molar-refractivity contribution in [2.45, 2.75) is 50.1 Å². The van der Waals surface area contributed by atoms with E-state index in [4.69, 9.17) is 5.73 Å². The maximum atomic E-state index is 6.04. The topological polar surface area (TPSA) is 50.9 Å². The summed E-state index contributed by atoms with van der Waals surface area (Å²) in [5.41, 5.74) is 7.65. The fourth-order valence-corrected chi connectivity index (χ4v) is 5.52. The molecule has 1 aromatic heterocycles. The highest BCUT2D eigenvalue weighted by Crippen LogP contribution is 2.56. The van der Waals surface area contributed by atoms with Crippen molar-refractivity contribution in [1.29, 1.82) is 0 Å². The number of rotatable bonds is 4. The standard InChI is InChI=1S/C17H25N3/c18-10-16(15-2-1-3-19-11-15)20-17-7-12-4-13(8-17)6-14(5-12)9-17/h1-3,11-14,16,20H,4-10,18H2. The van der Waals surface area contributed by atoms with Crippen LogP contribution in [0.3, 0.4) is 0 Å². The highest BCUT2D eigenvalue weighted by Gasteiger charge is 2.51. The van der Waals surface area contributed by atoms with Crippen molar-refractivity contribution in [2.24, 2.45) is 23.5 Å². The normalized spacial score (nSPS) is 40.0. The number of aromatic nitrogens is 1. The summed E-state index contributed by atoms with van der Waals surface area (Å²) in [6.07, 6.45) is 12.4. The van der Waals surface area contributed by atoms with Crippen LogP contribution >= 0.6 is 0 Å². The molecule has 0 aliphatic heterocycles. The van der Waals surface area contributed by atoms with Gasteiger partial charge in [-0.05, 0) is 67.9 Å². The van der Waals surface area contributed by atoms with Crippen molar-refractivity contribution in [1.82, 2.24) is 10.3 Å². The van der Waals surface area contributed by atoms with E-state index in [-0.39, 0.29) is 6.04 Å². The Hall–Kier alpha value is -0.930. The van der Waals surface area contributed by atoms with Gasteiger partial charge >= 0.3 is 0 Å². The van der Waals surface area contributed by atoms with Crippen molar-refractivity contribution in [2.75, 3.05) is 6.54 Å². The number of pyridine rings is 1. The van der Waals surface area contributed by atoms with Crippen LogP contribution in [-0.4, -0.2) is 17.1 Å². The Bertz CT molecular complexity index is 435. The van der Waals surface area contributed by atoms with E-state index in [0.29, 0.717) is 12.1 Å². The van der Waals surface area contributed by atoms with Crippen LogP contribution in [0.15, 0.2) is 24.5 Å². The van der Waals surface area contributed by atoms with Crippen molar-refractivity contribution in [3.63, 3.8) is 0 Å². The number of hydrogen-bond acceptors (Lipinski definition) is 3. The SMILES string of the molecule is NCC(NC12CC3CC(CC(C3)C1)C2)c1cccnc1. The molecule has 4 saturated carbocycles. The fourth-order valence-electron chi connectivity index (χ4n) is 5.52. The first kappa shape index (κ1) is 12.8. The number of nitrogens with two attached hydrogens (primary N) is 1. The molecule has 1 atom stereocenters. The predicted octanol–water partition coefficient (Wildman–Crippen LogP) is 2.64. The van der Waals surface area contributed by atoms with Gasteiger partial charge in [0.15, 0.2) is 0 Å². The molecule has 4 aliphatic carbocycles. The van der Waals surface area contributed by atoms with E-state index in [1.54, 1.807) is 0 Å². The Morgan fingerprint density at radius 1 is 1.20 bits per heavy atom. The quantitative estimate of drug-likeness (QED) is 0.885. The van der Waals surface area contributed by atoms with Crippen LogP contribution in [0.25, 0.3) is 0 Å². The number of hydrogen-bond donors (Lipinski definition) is 2. The Balaban J connectivity index is 1.55. The lowest BCUT2D eigenvalue weighted by atomic mass is 9.53. The van der Waals surface area contributed by atoms with Crippen molar-refractivity contribution in [3.8, 4) is 0 Å². The van der Waals surface area contributed by atoms with E-state index in [1.807, 2.05) is 18.5 Å². The molecule has 4 aliphatic rings. The van der Waals surface area contributed by atoms with Gasteiger partial charge in [-0.3, -0.25) is 4.98 Å². The van der Waals surface area contributed by atoms with Crippen LogP contribution in [0.5, 0.6) is 0 Å². The number of nitrogens with one attached hydrogen (secondary N) is 1. The molecule has 0 saturated heterocycles. The van der Waals surface area contributed by atoms with Crippen LogP contribution in [0.4, 0.5) is 0 Å². The Morgan fingerprint density at radius 3 is 2.35 bits per heavy atom. The van der Waals surface area contributed by atoms with E-state index >= 15 is 0 Å². The third-order valence-electron chi connectivity index (χ3n) is 5.84. The zero-order chi connectivity index (χ0) is 13.6. The van der Waals surface area contributed by atoms with Crippen LogP contribution < -0.4 is 11.1 Å². The highest BCUT2D eigenvalue weighted by atomic mass is 15.0. The molecule has 1 heterocycles. The molecule has 5 rings (SSSR count). The maximum absolute atomic E-state index is 6.04. The molecular formula is C17H25N3. The molecule has 0 aromatic carbocycles. The van der Waals surface area contributed by atoms with Gasteiger partial charge in [-0.1, -0.05) is 6.07 Å². The van der Waals surface area contributed by atoms with Gasteiger partial charge < -0.3 is 11.1 Å². The second-order valence-electron chi connectivity index (χ2n) is 7.42. The molecule has 3 nitrogen and oxygen atoms in total. The first-order valence-electron chi connectivity index (χ1n) is 8.14. The Labute approximate surface area is 121 Å². The van der Waals surface area contributed by atoms with E-state index in [0.717, 1.165) is 17.8 Å². The fraction of sp³-hybridized carbons (Fsp3) is 0.706. The minimum Gasteiger partial charge on any atom is -0.329 e. The zero-order valence-corrected chi connectivity index (χ0v) is 12.1. The Kier molecular flexibility index (Phi) is 3.08. The smallest absolute Gasteiger partial charge is 0.0464 e. The summed E-state index contributed by atoms with van der Waals surface area (Å²) in [5, 5.41) is 3.96.